The molecular formula is C15H15FN2O3S. The predicted octanol–water partition coefficient (Wildman–Crippen LogP) is 2.13. The molecule has 0 unspecified atom stereocenters. The number of anilines is 1. The van der Waals surface area contributed by atoms with E-state index in [9.17, 15) is 17.6 Å². The fourth-order valence-corrected chi connectivity index (χ4v) is 2.44. The molecule has 2 aromatic rings. The van der Waals surface area contributed by atoms with Crippen LogP contribution in [0.25, 0.3) is 0 Å². The van der Waals surface area contributed by atoms with E-state index in [1.807, 2.05) is 0 Å². The minimum absolute atomic E-state index is 0.0343. The Morgan fingerprint density at radius 3 is 2.55 bits per heavy atom. The molecular weight excluding hydrogens is 307 g/mol. The number of carbonyl (C=O) groups is 1. The van der Waals surface area contributed by atoms with Crippen LogP contribution in [-0.2, 0) is 16.6 Å². The summed E-state index contributed by atoms with van der Waals surface area (Å²) in [7, 11) is -3.36. The summed E-state index contributed by atoms with van der Waals surface area (Å²) in [6.07, 6.45) is 1.06. The van der Waals surface area contributed by atoms with Gasteiger partial charge in [-0.1, -0.05) is 24.3 Å². The molecule has 5 nitrogen and oxygen atoms in total. The van der Waals surface area contributed by atoms with Crippen molar-refractivity contribution in [3.8, 4) is 0 Å². The zero-order valence-electron chi connectivity index (χ0n) is 11.8. The Balaban J connectivity index is 2.04. The highest BCUT2D eigenvalue weighted by atomic mass is 32.2. The van der Waals surface area contributed by atoms with E-state index >= 15 is 0 Å². The van der Waals surface area contributed by atoms with E-state index in [0.717, 1.165) is 6.26 Å². The Morgan fingerprint density at radius 2 is 1.86 bits per heavy atom. The van der Waals surface area contributed by atoms with Crippen LogP contribution in [0, 0.1) is 5.82 Å². The molecule has 0 saturated carbocycles. The largest absolute Gasteiger partial charge is 0.348 e. The first-order valence-corrected chi connectivity index (χ1v) is 8.34. The molecule has 7 heteroatoms. The van der Waals surface area contributed by atoms with Gasteiger partial charge in [0.15, 0.2) is 0 Å². The van der Waals surface area contributed by atoms with Crippen LogP contribution in [0.4, 0.5) is 10.1 Å². The summed E-state index contributed by atoms with van der Waals surface area (Å²) in [5.41, 5.74) is 1.06. The average molecular weight is 322 g/mol. The lowest BCUT2D eigenvalue weighted by Crippen LogP contribution is -2.23. The van der Waals surface area contributed by atoms with Crippen LogP contribution in [0.3, 0.4) is 0 Å². The van der Waals surface area contributed by atoms with Gasteiger partial charge in [-0.05, 0) is 29.8 Å². The first-order chi connectivity index (χ1) is 10.3. The number of nitrogens with one attached hydrogen (secondary N) is 2. The monoisotopic (exact) mass is 322 g/mol. The van der Waals surface area contributed by atoms with Gasteiger partial charge in [-0.3, -0.25) is 9.52 Å². The van der Waals surface area contributed by atoms with E-state index in [-0.39, 0.29) is 12.1 Å². The lowest BCUT2D eigenvalue weighted by molar-refractivity contribution is 0.0947. The first kappa shape index (κ1) is 16.0. The Bertz CT molecular complexity index is 791. The normalized spacial score (nSPS) is 11.0. The smallest absolute Gasteiger partial charge is 0.254 e. The zero-order chi connectivity index (χ0) is 16.2. The minimum Gasteiger partial charge on any atom is -0.348 e. The molecule has 1 amide bonds. The van der Waals surface area contributed by atoms with Crippen LogP contribution in [0.1, 0.15) is 15.9 Å². The second-order valence-electron chi connectivity index (χ2n) is 4.74. The van der Waals surface area contributed by atoms with Gasteiger partial charge in [0.1, 0.15) is 5.82 Å². The van der Waals surface area contributed by atoms with Gasteiger partial charge in [0.2, 0.25) is 10.0 Å². The Kier molecular flexibility index (Phi) is 4.77. The SMILES string of the molecule is CS(=O)(=O)Nc1cccc(CNC(=O)c2ccccc2F)c1. The maximum Gasteiger partial charge on any atom is 0.254 e. The highest BCUT2D eigenvalue weighted by Gasteiger charge is 2.10. The van der Waals surface area contributed by atoms with Gasteiger partial charge in [-0.25, -0.2) is 12.8 Å². The predicted molar refractivity (Wildman–Crippen MR) is 82.5 cm³/mol. The van der Waals surface area contributed by atoms with E-state index in [1.54, 1.807) is 30.3 Å². The molecule has 0 radical (unpaired) electrons. The number of sulfonamides is 1. The molecule has 0 aliphatic carbocycles. The van der Waals surface area contributed by atoms with Crippen LogP contribution in [0.15, 0.2) is 48.5 Å². The fourth-order valence-electron chi connectivity index (χ4n) is 1.88. The molecule has 22 heavy (non-hydrogen) atoms. The van der Waals surface area contributed by atoms with Crippen molar-refractivity contribution in [2.45, 2.75) is 6.54 Å². The van der Waals surface area contributed by atoms with Crippen LogP contribution >= 0.6 is 0 Å². The van der Waals surface area contributed by atoms with Gasteiger partial charge in [-0.2, -0.15) is 0 Å². The summed E-state index contributed by atoms with van der Waals surface area (Å²) >= 11 is 0. The van der Waals surface area contributed by atoms with E-state index < -0.39 is 21.7 Å². The summed E-state index contributed by atoms with van der Waals surface area (Å²) < 4.78 is 38.2. The third-order valence-electron chi connectivity index (χ3n) is 2.80. The summed E-state index contributed by atoms with van der Waals surface area (Å²) in [5.74, 6) is -1.12. The molecule has 0 spiro atoms. The summed E-state index contributed by atoms with van der Waals surface area (Å²) in [4.78, 5) is 11.9. The molecule has 2 rings (SSSR count). The molecule has 0 bridgehead atoms. The highest BCUT2D eigenvalue weighted by molar-refractivity contribution is 7.92. The fraction of sp³-hybridized carbons (Fsp3) is 0.133. The summed E-state index contributed by atoms with van der Waals surface area (Å²) in [6, 6.07) is 12.3. The first-order valence-electron chi connectivity index (χ1n) is 6.44. The topological polar surface area (TPSA) is 75.3 Å². The minimum atomic E-state index is -3.36. The van der Waals surface area contributed by atoms with E-state index in [2.05, 4.69) is 10.0 Å². The molecule has 0 atom stereocenters. The Labute approximate surface area is 128 Å². The second-order valence-corrected chi connectivity index (χ2v) is 6.49. The molecule has 0 heterocycles. The van der Waals surface area contributed by atoms with Gasteiger partial charge >= 0.3 is 0 Å². The number of benzene rings is 2. The Morgan fingerprint density at radius 1 is 1.14 bits per heavy atom. The summed E-state index contributed by atoms with van der Waals surface area (Å²) in [5, 5.41) is 2.59. The van der Waals surface area contributed by atoms with E-state index in [0.29, 0.717) is 11.3 Å². The lowest BCUT2D eigenvalue weighted by atomic mass is 10.1. The maximum absolute atomic E-state index is 13.5. The van der Waals surface area contributed by atoms with Crippen LogP contribution in [-0.4, -0.2) is 20.6 Å². The maximum atomic E-state index is 13.5. The van der Waals surface area contributed by atoms with Crippen LogP contribution in [0.5, 0.6) is 0 Å². The van der Waals surface area contributed by atoms with Gasteiger partial charge in [-0.15, -0.1) is 0 Å². The third kappa shape index (κ3) is 4.56. The number of hydrogen-bond donors (Lipinski definition) is 2. The van der Waals surface area contributed by atoms with Crippen molar-refractivity contribution in [1.29, 1.82) is 0 Å². The summed E-state index contributed by atoms with van der Waals surface area (Å²) in [6.45, 7) is 0.159. The molecule has 0 aromatic heterocycles. The number of rotatable bonds is 5. The number of hydrogen-bond acceptors (Lipinski definition) is 3. The average Bonchev–Trinajstić information content (AvgIpc) is 2.44. The second kappa shape index (κ2) is 6.57. The molecule has 2 N–H and O–H groups in total. The van der Waals surface area contributed by atoms with E-state index in [1.165, 1.54) is 18.2 Å². The van der Waals surface area contributed by atoms with Crippen molar-refractivity contribution in [2.75, 3.05) is 11.0 Å². The third-order valence-corrected chi connectivity index (χ3v) is 3.41. The molecule has 0 aliphatic heterocycles. The standard InChI is InChI=1S/C15H15FN2O3S/c1-22(20,21)18-12-6-4-5-11(9-12)10-17-15(19)13-7-2-3-8-14(13)16/h2-9,18H,10H2,1H3,(H,17,19). The van der Waals surface area contributed by atoms with Crippen molar-refractivity contribution in [3.05, 3.63) is 65.5 Å². The Hall–Kier alpha value is -2.41. The van der Waals surface area contributed by atoms with Crippen LogP contribution < -0.4 is 10.0 Å². The van der Waals surface area contributed by atoms with Gasteiger partial charge < -0.3 is 5.32 Å². The van der Waals surface area contributed by atoms with Crippen molar-refractivity contribution in [2.24, 2.45) is 0 Å². The van der Waals surface area contributed by atoms with Crippen LogP contribution in [0.2, 0.25) is 0 Å². The van der Waals surface area contributed by atoms with Crippen molar-refractivity contribution in [3.63, 3.8) is 0 Å². The van der Waals surface area contributed by atoms with Gasteiger partial charge in [0, 0.05) is 12.2 Å². The van der Waals surface area contributed by atoms with E-state index in [4.69, 9.17) is 0 Å². The zero-order valence-corrected chi connectivity index (χ0v) is 12.7. The lowest BCUT2D eigenvalue weighted by Gasteiger charge is -2.08. The molecule has 0 saturated heterocycles. The highest BCUT2D eigenvalue weighted by Crippen LogP contribution is 2.12. The molecule has 0 fully saturated rings. The van der Waals surface area contributed by atoms with Gasteiger partial charge in [0.25, 0.3) is 5.91 Å². The quantitative estimate of drug-likeness (QED) is 0.885. The number of carbonyl (C=O) groups excluding carboxylic acids is 1. The molecule has 2 aromatic carbocycles. The van der Waals surface area contributed by atoms with Crippen molar-refractivity contribution in [1.82, 2.24) is 5.32 Å². The van der Waals surface area contributed by atoms with Gasteiger partial charge in [0.05, 0.1) is 11.8 Å². The molecule has 116 valence electrons. The van der Waals surface area contributed by atoms with Crippen molar-refractivity contribution >= 4 is 21.6 Å². The number of halogens is 1. The molecule has 0 aliphatic rings. The van der Waals surface area contributed by atoms with Crippen molar-refractivity contribution < 1.29 is 17.6 Å². The number of amides is 1.